The first-order chi connectivity index (χ1) is 11.0. The van der Waals surface area contributed by atoms with E-state index in [4.69, 9.17) is 4.42 Å². The predicted octanol–water partition coefficient (Wildman–Crippen LogP) is -0.0314. The van der Waals surface area contributed by atoms with E-state index in [-0.39, 0.29) is 10.9 Å². The molecule has 4 rings (SSSR count). The van der Waals surface area contributed by atoms with Crippen molar-refractivity contribution in [3.63, 3.8) is 0 Å². The fourth-order valence-electron chi connectivity index (χ4n) is 2.61. The Balaban J connectivity index is 1.64. The maximum atomic E-state index is 12.7. The van der Waals surface area contributed by atoms with E-state index in [1.54, 1.807) is 17.1 Å². The van der Waals surface area contributed by atoms with E-state index in [9.17, 15) is 13.2 Å². The van der Waals surface area contributed by atoms with Crippen LogP contribution in [-0.2, 0) is 17.1 Å². The Labute approximate surface area is 130 Å². The van der Waals surface area contributed by atoms with Crippen molar-refractivity contribution < 1.29 is 12.8 Å². The number of nitrogens with zero attached hydrogens (tertiary/aromatic N) is 5. The Morgan fingerprint density at radius 1 is 1.30 bits per heavy atom. The molecule has 0 bridgehead atoms. The number of fused-ring (bicyclic) bond motifs is 1. The molecule has 9 nitrogen and oxygen atoms in total. The summed E-state index contributed by atoms with van der Waals surface area (Å²) in [4.78, 5) is 11.6. The zero-order chi connectivity index (χ0) is 16.2. The van der Waals surface area contributed by atoms with Gasteiger partial charge in [-0.25, -0.2) is 17.9 Å². The Bertz CT molecular complexity index is 1030. The minimum atomic E-state index is -3.61. The standard InChI is InChI=1S/C13H13N5O4S/c1-16-11-6-10(2-3-12(11)22-13(16)19)23(20,21)17-7-9(8-17)18-5-4-14-15-18/h2-6,9H,7-8H2,1H3. The minimum Gasteiger partial charge on any atom is -0.408 e. The summed E-state index contributed by atoms with van der Waals surface area (Å²) in [5.41, 5.74) is 0.810. The van der Waals surface area contributed by atoms with Crippen LogP contribution in [0.25, 0.3) is 11.1 Å². The summed E-state index contributed by atoms with van der Waals surface area (Å²) in [6, 6.07) is 4.40. The molecule has 10 heteroatoms. The van der Waals surface area contributed by atoms with Crippen molar-refractivity contribution in [2.75, 3.05) is 13.1 Å². The lowest BCUT2D eigenvalue weighted by atomic mass is 10.2. The second kappa shape index (κ2) is 4.77. The van der Waals surface area contributed by atoms with Crippen LogP contribution in [0.1, 0.15) is 6.04 Å². The van der Waals surface area contributed by atoms with Crippen molar-refractivity contribution in [2.24, 2.45) is 7.05 Å². The first kappa shape index (κ1) is 14.2. The maximum Gasteiger partial charge on any atom is 0.419 e. The van der Waals surface area contributed by atoms with E-state index in [1.807, 2.05) is 0 Å². The third-order valence-electron chi connectivity index (χ3n) is 4.04. The number of rotatable bonds is 3. The molecule has 1 aliphatic heterocycles. The van der Waals surface area contributed by atoms with Gasteiger partial charge in [0.25, 0.3) is 0 Å². The minimum absolute atomic E-state index is 0.00529. The third kappa shape index (κ3) is 2.10. The quantitative estimate of drug-likeness (QED) is 0.666. The monoisotopic (exact) mass is 335 g/mol. The van der Waals surface area contributed by atoms with Crippen LogP contribution >= 0.6 is 0 Å². The molecule has 0 saturated carbocycles. The molecule has 1 aromatic carbocycles. The van der Waals surface area contributed by atoms with Gasteiger partial charge in [0.1, 0.15) is 0 Å². The molecule has 0 radical (unpaired) electrons. The van der Waals surface area contributed by atoms with Crippen molar-refractivity contribution in [1.29, 1.82) is 0 Å². The topological polar surface area (TPSA) is 103 Å². The zero-order valence-corrected chi connectivity index (χ0v) is 13.0. The molecule has 0 atom stereocenters. The molecule has 1 aliphatic rings. The van der Waals surface area contributed by atoms with Crippen LogP contribution in [0.3, 0.4) is 0 Å². The third-order valence-corrected chi connectivity index (χ3v) is 5.87. The molecular formula is C13H13N5O4S. The summed E-state index contributed by atoms with van der Waals surface area (Å²) in [5.74, 6) is -0.523. The molecule has 23 heavy (non-hydrogen) atoms. The van der Waals surface area contributed by atoms with Crippen LogP contribution in [0.4, 0.5) is 0 Å². The fourth-order valence-corrected chi connectivity index (χ4v) is 4.14. The highest BCUT2D eigenvalue weighted by atomic mass is 32.2. The summed E-state index contributed by atoms with van der Waals surface area (Å²) in [6.07, 6.45) is 3.27. The number of hydrogen-bond acceptors (Lipinski definition) is 6. The number of hydrogen-bond donors (Lipinski definition) is 0. The van der Waals surface area contributed by atoms with Gasteiger partial charge in [0, 0.05) is 26.3 Å². The highest BCUT2D eigenvalue weighted by Crippen LogP contribution is 2.28. The molecule has 0 aliphatic carbocycles. The van der Waals surface area contributed by atoms with Crippen molar-refractivity contribution >= 4 is 21.1 Å². The molecule has 1 fully saturated rings. The van der Waals surface area contributed by atoms with Gasteiger partial charge in [-0.1, -0.05) is 5.21 Å². The Hall–Kier alpha value is -2.46. The number of benzene rings is 1. The van der Waals surface area contributed by atoms with Crippen molar-refractivity contribution in [3.8, 4) is 0 Å². The van der Waals surface area contributed by atoms with Crippen LogP contribution in [0.2, 0.25) is 0 Å². The second-order valence-corrected chi connectivity index (χ2v) is 7.35. The van der Waals surface area contributed by atoms with Crippen LogP contribution in [0.15, 0.2) is 44.7 Å². The molecule has 1 saturated heterocycles. The number of aryl methyl sites for hydroxylation is 1. The van der Waals surface area contributed by atoms with Crippen LogP contribution in [0.5, 0.6) is 0 Å². The summed E-state index contributed by atoms with van der Waals surface area (Å²) >= 11 is 0. The normalized spacial score (nSPS) is 16.7. The van der Waals surface area contributed by atoms with Crippen molar-refractivity contribution in [2.45, 2.75) is 10.9 Å². The Kier molecular flexibility index (Phi) is 2.93. The summed E-state index contributed by atoms with van der Waals surface area (Å²) in [6.45, 7) is 0.683. The largest absolute Gasteiger partial charge is 0.419 e. The molecule has 3 aromatic rings. The fraction of sp³-hybridized carbons (Fsp3) is 0.308. The van der Waals surface area contributed by atoms with E-state index >= 15 is 0 Å². The summed E-state index contributed by atoms with van der Waals surface area (Å²) < 4.78 is 34.6. The average molecular weight is 335 g/mol. The van der Waals surface area contributed by atoms with Crippen LogP contribution in [-0.4, -0.2) is 45.4 Å². The molecule has 3 heterocycles. The van der Waals surface area contributed by atoms with Gasteiger partial charge in [-0.2, -0.15) is 4.31 Å². The highest BCUT2D eigenvalue weighted by Gasteiger charge is 2.38. The molecule has 0 spiro atoms. The molecule has 0 N–H and O–H groups in total. The van der Waals surface area contributed by atoms with Gasteiger partial charge < -0.3 is 4.42 Å². The Morgan fingerprint density at radius 3 is 2.78 bits per heavy atom. The van der Waals surface area contributed by atoms with Crippen LogP contribution in [0, 0.1) is 0 Å². The van der Waals surface area contributed by atoms with Crippen molar-refractivity contribution in [3.05, 3.63) is 41.1 Å². The summed E-state index contributed by atoms with van der Waals surface area (Å²) in [5, 5.41) is 7.60. The van der Waals surface area contributed by atoms with E-state index in [1.165, 1.54) is 34.1 Å². The Morgan fingerprint density at radius 2 is 2.09 bits per heavy atom. The molecular weight excluding hydrogens is 322 g/mol. The van der Waals surface area contributed by atoms with E-state index in [0.717, 1.165) is 0 Å². The van der Waals surface area contributed by atoms with Gasteiger partial charge in [-0.05, 0) is 18.2 Å². The predicted molar refractivity (Wildman–Crippen MR) is 79.3 cm³/mol. The molecule has 2 aromatic heterocycles. The summed E-state index contributed by atoms with van der Waals surface area (Å²) in [7, 11) is -2.07. The van der Waals surface area contributed by atoms with Gasteiger partial charge in [0.05, 0.1) is 22.7 Å². The SMILES string of the molecule is Cn1c(=O)oc2ccc(S(=O)(=O)N3CC(n4ccnn4)C3)cc21. The molecule has 0 unspecified atom stereocenters. The highest BCUT2D eigenvalue weighted by molar-refractivity contribution is 7.89. The lowest BCUT2D eigenvalue weighted by molar-refractivity contribution is 0.189. The van der Waals surface area contributed by atoms with Gasteiger partial charge >= 0.3 is 5.76 Å². The van der Waals surface area contributed by atoms with Gasteiger partial charge in [-0.3, -0.25) is 4.57 Å². The number of aromatic nitrogens is 4. The van der Waals surface area contributed by atoms with E-state index in [2.05, 4.69) is 10.3 Å². The zero-order valence-electron chi connectivity index (χ0n) is 12.2. The molecule has 120 valence electrons. The second-order valence-electron chi connectivity index (χ2n) is 5.42. The number of sulfonamides is 1. The lowest BCUT2D eigenvalue weighted by Gasteiger charge is -2.37. The first-order valence-electron chi connectivity index (χ1n) is 6.92. The van der Waals surface area contributed by atoms with Gasteiger partial charge in [0.15, 0.2) is 5.58 Å². The van der Waals surface area contributed by atoms with E-state index in [0.29, 0.717) is 24.2 Å². The van der Waals surface area contributed by atoms with E-state index < -0.39 is 15.8 Å². The smallest absolute Gasteiger partial charge is 0.408 e. The average Bonchev–Trinajstić information content (AvgIpc) is 3.07. The van der Waals surface area contributed by atoms with Crippen molar-refractivity contribution in [1.82, 2.24) is 23.9 Å². The first-order valence-corrected chi connectivity index (χ1v) is 8.36. The number of oxazole rings is 1. The lowest BCUT2D eigenvalue weighted by Crippen LogP contribution is -2.50. The van der Waals surface area contributed by atoms with Gasteiger partial charge in [-0.15, -0.1) is 5.10 Å². The maximum absolute atomic E-state index is 12.7. The van der Waals surface area contributed by atoms with Crippen LogP contribution < -0.4 is 5.76 Å². The van der Waals surface area contributed by atoms with Gasteiger partial charge in [0.2, 0.25) is 10.0 Å². The molecule has 0 amide bonds.